The minimum atomic E-state index is -0.986. The van der Waals surface area contributed by atoms with E-state index in [1.165, 1.54) is 6.07 Å². The van der Waals surface area contributed by atoms with Gasteiger partial charge in [-0.05, 0) is 24.1 Å². The molecule has 0 bridgehead atoms. The van der Waals surface area contributed by atoms with E-state index in [1.54, 1.807) is 0 Å². The minimum absolute atomic E-state index is 0.0540. The zero-order chi connectivity index (χ0) is 15.0. The van der Waals surface area contributed by atoms with Crippen molar-refractivity contribution >= 4 is 5.91 Å². The van der Waals surface area contributed by atoms with Gasteiger partial charge in [0.15, 0.2) is 11.6 Å². The summed E-state index contributed by atoms with van der Waals surface area (Å²) in [7, 11) is 0. The van der Waals surface area contributed by atoms with E-state index in [9.17, 15) is 18.7 Å². The molecule has 0 aliphatic rings. The molecule has 1 unspecified atom stereocenters. The lowest BCUT2D eigenvalue weighted by Gasteiger charge is -2.12. The number of rotatable bonds is 8. The Kier molecular flexibility index (Phi) is 7.11. The number of carbonyl (C=O) groups excluding carboxylic acids is 1. The van der Waals surface area contributed by atoms with Crippen molar-refractivity contribution in [3.05, 3.63) is 35.4 Å². The smallest absolute Gasteiger partial charge is 0.221 e. The van der Waals surface area contributed by atoms with Gasteiger partial charge < -0.3 is 15.7 Å². The molecule has 0 radical (unpaired) electrons. The highest BCUT2D eigenvalue weighted by Crippen LogP contribution is 2.15. The van der Waals surface area contributed by atoms with E-state index in [0.29, 0.717) is 25.1 Å². The maximum atomic E-state index is 13.0. The fourth-order valence-corrected chi connectivity index (χ4v) is 1.63. The van der Waals surface area contributed by atoms with Gasteiger partial charge >= 0.3 is 0 Å². The second-order valence-electron chi connectivity index (χ2n) is 4.49. The highest BCUT2D eigenvalue weighted by atomic mass is 19.2. The molecule has 0 fully saturated rings. The van der Waals surface area contributed by atoms with Gasteiger partial charge in [0.05, 0.1) is 6.10 Å². The molecule has 3 N–H and O–H groups in total. The molecule has 0 spiro atoms. The maximum Gasteiger partial charge on any atom is 0.221 e. The van der Waals surface area contributed by atoms with Crippen LogP contribution in [0, 0.1) is 11.6 Å². The van der Waals surface area contributed by atoms with Gasteiger partial charge in [0, 0.05) is 26.1 Å². The van der Waals surface area contributed by atoms with Crippen LogP contribution in [0.5, 0.6) is 0 Å². The van der Waals surface area contributed by atoms with Crippen LogP contribution in [0.2, 0.25) is 0 Å². The molecule has 20 heavy (non-hydrogen) atoms. The normalized spacial score (nSPS) is 12.2. The molecule has 0 saturated heterocycles. The SMILES string of the molecule is CCCNC(=O)CCNCC(O)c1ccc(F)c(F)c1. The number of nitrogens with one attached hydrogen (secondary N) is 2. The summed E-state index contributed by atoms with van der Waals surface area (Å²) in [5.74, 6) is -1.98. The Labute approximate surface area is 117 Å². The zero-order valence-electron chi connectivity index (χ0n) is 11.5. The third-order valence-electron chi connectivity index (χ3n) is 2.77. The first-order chi connectivity index (χ1) is 9.54. The molecule has 0 aliphatic carbocycles. The van der Waals surface area contributed by atoms with E-state index < -0.39 is 17.7 Å². The molecule has 112 valence electrons. The van der Waals surface area contributed by atoms with Crippen molar-refractivity contribution in [2.24, 2.45) is 0 Å². The van der Waals surface area contributed by atoms with Crippen molar-refractivity contribution in [1.82, 2.24) is 10.6 Å². The molecule has 0 heterocycles. The summed E-state index contributed by atoms with van der Waals surface area (Å²) < 4.78 is 25.7. The molecule has 1 atom stereocenters. The Morgan fingerprint density at radius 2 is 2.05 bits per heavy atom. The molecule has 1 amide bonds. The monoisotopic (exact) mass is 286 g/mol. The summed E-state index contributed by atoms with van der Waals surface area (Å²) in [6.45, 7) is 3.20. The van der Waals surface area contributed by atoms with Crippen LogP contribution in [0.25, 0.3) is 0 Å². The van der Waals surface area contributed by atoms with Crippen molar-refractivity contribution in [2.45, 2.75) is 25.9 Å². The Hall–Kier alpha value is -1.53. The van der Waals surface area contributed by atoms with Crippen LogP contribution in [-0.4, -0.2) is 30.6 Å². The van der Waals surface area contributed by atoms with Gasteiger partial charge in [0.2, 0.25) is 5.91 Å². The zero-order valence-corrected chi connectivity index (χ0v) is 11.5. The quantitative estimate of drug-likeness (QED) is 0.635. The summed E-state index contributed by atoms with van der Waals surface area (Å²) >= 11 is 0. The molecule has 1 aromatic rings. The summed E-state index contributed by atoms with van der Waals surface area (Å²) in [6, 6.07) is 3.28. The van der Waals surface area contributed by atoms with Crippen LogP contribution < -0.4 is 10.6 Å². The van der Waals surface area contributed by atoms with Crippen molar-refractivity contribution in [2.75, 3.05) is 19.6 Å². The Morgan fingerprint density at radius 1 is 1.30 bits per heavy atom. The lowest BCUT2D eigenvalue weighted by molar-refractivity contribution is -0.121. The van der Waals surface area contributed by atoms with Crippen LogP contribution in [0.4, 0.5) is 8.78 Å². The van der Waals surface area contributed by atoms with Crippen molar-refractivity contribution in [1.29, 1.82) is 0 Å². The molecule has 0 aromatic heterocycles. The first kappa shape index (κ1) is 16.5. The average Bonchev–Trinajstić information content (AvgIpc) is 2.44. The summed E-state index contributed by atoms with van der Waals surface area (Å²) in [6.07, 6.45) is 0.252. The topological polar surface area (TPSA) is 61.4 Å². The van der Waals surface area contributed by atoms with E-state index in [0.717, 1.165) is 18.6 Å². The van der Waals surface area contributed by atoms with Gasteiger partial charge in [-0.15, -0.1) is 0 Å². The number of hydrogen-bond acceptors (Lipinski definition) is 3. The second-order valence-corrected chi connectivity index (χ2v) is 4.49. The molecular formula is C14H20F2N2O2. The molecule has 0 aliphatic heterocycles. The van der Waals surface area contributed by atoms with Gasteiger partial charge in [-0.3, -0.25) is 4.79 Å². The number of hydrogen-bond donors (Lipinski definition) is 3. The van der Waals surface area contributed by atoms with E-state index in [2.05, 4.69) is 10.6 Å². The number of amides is 1. The van der Waals surface area contributed by atoms with Crippen molar-refractivity contribution < 1.29 is 18.7 Å². The van der Waals surface area contributed by atoms with Crippen LogP contribution in [0.1, 0.15) is 31.4 Å². The molecule has 6 heteroatoms. The second kappa shape index (κ2) is 8.60. The van der Waals surface area contributed by atoms with E-state index in [4.69, 9.17) is 0 Å². The number of aliphatic hydroxyl groups is 1. The fourth-order valence-electron chi connectivity index (χ4n) is 1.63. The number of benzene rings is 1. The highest BCUT2D eigenvalue weighted by molar-refractivity contribution is 5.75. The first-order valence-corrected chi connectivity index (χ1v) is 6.65. The standard InChI is InChI=1S/C14H20F2N2O2/c1-2-6-18-14(20)5-7-17-9-13(19)10-3-4-11(15)12(16)8-10/h3-4,8,13,17,19H,2,5-7,9H2,1H3,(H,18,20). The third-order valence-corrected chi connectivity index (χ3v) is 2.77. The van der Waals surface area contributed by atoms with Gasteiger partial charge in [-0.2, -0.15) is 0 Å². The highest BCUT2D eigenvalue weighted by Gasteiger charge is 2.10. The Balaban J connectivity index is 2.27. The maximum absolute atomic E-state index is 13.0. The van der Waals surface area contributed by atoms with E-state index in [-0.39, 0.29) is 12.5 Å². The summed E-state index contributed by atoms with van der Waals surface area (Å²) in [5, 5.41) is 15.4. The molecule has 0 saturated carbocycles. The van der Waals surface area contributed by atoms with Crippen molar-refractivity contribution in [3.8, 4) is 0 Å². The predicted molar refractivity (Wildman–Crippen MR) is 72.1 cm³/mol. The minimum Gasteiger partial charge on any atom is -0.387 e. The Morgan fingerprint density at radius 3 is 2.70 bits per heavy atom. The number of carbonyl (C=O) groups is 1. The van der Waals surface area contributed by atoms with Gasteiger partial charge in [-0.25, -0.2) is 8.78 Å². The third kappa shape index (κ3) is 5.63. The predicted octanol–water partition coefficient (Wildman–Crippen LogP) is 1.50. The van der Waals surface area contributed by atoms with Crippen LogP contribution in [0.15, 0.2) is 18.2 Å². The summed E-state index contributed by atoms with van der Waals surface area (Å²) in [5.41, 5.74) is 0.298. The van der Waals surface area contributed by atoms with Crippen molar-refractivity contribution in [3.63, 3.8) is 0 Å². The van der Waals surface area contributed by atoms with Crippen LogP contribution >= 0.6 is 0 Å². The number of aliphatic hydroxyl groups excluding tert-OH is 1. The van der Waals surface area contributed by atoms with Crippen LogP contribution in [0.3, 0.4) is 0 Å². The number of halogens is 2. The van der Waals surface area contributed by atoms with E-state index in [1.807, 2.05) is 6.92 Å². The summed E-state index contributed by atoms with van der Waals surface area (Å²) in [4.78, 5) is 11.3. The van der Waals surface area contributed by atoms with Gasteiger partial charge in [0.25, 0.3) is 0 Å². The Bertz CT molecular complexity index is 441. The molecule has 1 aromatic carbocycles. The fraction of sp³-hybridized carbons (Fsp3) is 0.500. The lowest BCUT2D eigenvalue weighted by atomic mass is 10.1. The first-order valence-electron chi connectivity index (χ1n) is 6.65. The lowest BCUT2D eigenvalue weighted by Crippen LogP contribution is -2.30. The molecule has 4 nitrogen and oxygen atoms in total. The molecule has 1 rings (SSSR count). The van der Waals surface area contributed by atoms with E-state index >= 15 is 0 Å². The average molecular weight is 286 g/mol. The van der Waals surface area contributed by atoms with Gasteiger partial charge in [-0.1, -0.05) is 13.0 Å². The van der Waals surface area contributed by atoms with Gasteiger partial charge in [0.1, 0.15) is 0 Å². The van der Waals surface area contributed by atoms with Crippen LogP contribution in [-0.2, 0) is 4.79 Å². The molecular weight excluding hydrogens is 266 g/mol. The largest absolute Gasteiger partial charge is 0.387 e.